The average molecular weight is 357 g/mol. The van der Waals surface area contributed by atoms with Gasteiger partial charge in [-0.2, -0.15) is 0 Å². The van der Waals surface area contributed by atoms with E-state index in [1.807, 2.05) is 32.2 Å². The number of hydrogen-bond acceptors (Lipinski definition) is 6. The molecule has 0 atom stereocenters. The van der Waals surface area contributed by atoms with Crippen molar-refractivity contribution in [3.05, 3.63) is 57.7 Å². The number of hydrogen-bond donors (Lipinski definition) is 0. The normalized spacial score (nSPS) is 11.4. The van der Waals surface area contributed by atoms with E-state index in [1.165, 1.54) is 6.08 Å². The summed E-state index contributed by atoms with van der Waals surface area (Å²) >= 11 is 1.57. The highest BCUT2D eigenvalue weighted by molar-refractivity contribution is 7.12. The lowest BCUT2D eigenvalue weighted by Crippen LogP contribution is -2.02. The van der Waals surface area contributed by atoms with Gasteiger partial charge in [0.1, 0.15) is 12.4 Å². The molecule has 0 fully saturated rings. The van der Waals surface area contributed by atoms with Gasteiger partial charge in [0.2, 0.25) is 0 Å². The van der Waals surface area contributed by atoms with Gasteiger partial charge in [-0.15, -0.1) is 11.3 Å². The molecule has 0 saturated heterocycles. The lowest BCUT2D eigenvalue weighted by Gasteiger charge is -2.04. The molecule has 7 heteroatoms. The summed E-state index contributed by atoms with van der Waals surface area (Å²) in [5, 5.41) is 6.70. The Morgan fingerprint density at radius 3 is 2.80 bits per heavy atom. The van der Waals surface area contributed by atoms with Crippen LogP contribution in [0.2, 0.25) is 0 Å². The van der Waals surface area contributed by atoms with Gasteiger partial charge in [-0.05, 0) is 45.4 Å². The minimum atomic E-state index is -0.404. The largest absolute Gasteiger partial charge is 0.457 e. The zero-order chi connectivity index (χ0) is 18.0. The van der Waals surface area contributed by atoms with E-state index in [1.54, 1.807) is 30.5 Å². The van der Waals surface area contributed by atoms with Crippen LogP contribution in [0.15, 0.2) is 28.2 Å². The Kier molecular flexibility index (Phi) is 4.85. The van der Waals surface area contributed by atoms with Gasteiger partial charge < -0.3 is 9.26 Å². The first kappa shape index (κ1) is 17.2. The van der Waals surface area contributed by atoms with Gasteiger partial charge in [0.05, 0.1) is 11.3 Å². The molecule has 0 aromatic carbocycles. The zero-order valence-corrected chi connectivity index (χ0v) is 15.4. The minimum absolute atomic E-state index is 0.155. The Bertz CT molecular complexity index is 900. The first-order valence-corrected chi connectivity index (χ1v) is 8.70. The highest BCUT2D eigenvalue weighted by Crippen LogP contribution is 2.23. The third-order valence-corrected chi connectivity index (χ3v) is 4.78. The van der Waals surface area contributed by atoms with Crippen LogP contribution in [0.1, 0.15) is 34.0 Å². The van der Waals surface area contributed by atoms with Crippen LogP contribution in [0.3, 0.4) is 0 Å². The molecule has 0 amide bonds. The summed E-state index contributed by atoms with van der Waals surface area (Å²) in [6.07, 6.45) is 4.98. The van der Waals surface area contributed by atoms with Gasteiger partial charge in [0.15, 0.2) is 5.13 Å². The second-order valence-corrected chi connectivity index (χ2v) is 6.59. The van der Waals surface area contributed by atoms with Gasteiger partial charge in [0, 0.05) is 29.0 Å². The fraction of sp³-hybridized carbons (Fsp3) is 0.278. The number of carbonyl (C=O) groups excluding carboxylic acids is 1. The van der Waals surface area contributed by atoms with Crippen molar-refractivity contribution < 1.29 is 14.1 Å². The van der Waals surface area contributed by atoms with Gasteiger partial charge in [-0.1, -0.05) is 5.16 Å². The van der Waals surface area contributed by atoms with E-state index in [0.717, 1.165) is 33.3 Å². The highest BCUT2D eigenvalue weighted by atomic mass is 32.1. The number of aryl methyl sites for hydroxylation is 3. The summed E-state index contributed by atoms with van der Waals surface area (Å²) in [5.74, 6) is 0.264. The van der Waals surface area contributed by atoms with E-state index in [-0.39, 0.29) is 6.61 Å². The van der Waals surface area contributed by atoms with Crippen molar-refractivity contribution in [3.63, 3.8) is 0 Å². The first-order chi connectivity index (χ1) is 12.0. The molecule has 3 aromatic rings. The molecule has 0 aliphatic heterocycles. The van der Waals surface area contributed by atoms with Crippen molar-refractivity contribution in [3.8, 4) is 5.13 Å². The molecule has 0 radical (unpaired) electrons. The maximum atomic E-state index is 12.0. The maximum absolute atomic E-state index is 12.0. The average Bonchev–Trinajstić information content (AvgIpc) is 3.26. The maximum Gasteiger partial charge on any atom is 0.331 e. The molecule has 3 heterocycles. The van der Waals surface area contributed by atoms with E-state index in [9.17, 15) is 4.79 Å². The lowest BCUT2D eigenvalue weighted by molar-refractivity contribution is -0.138. The molecular formula is C18H19N3O3S. The number of rotatable bonds is 5. The van der Waals surface area contributed by atoms with Crippen molar-refractivity contribution >= 4 is 23.4 Å². The fourth-order valence-electron chi connectivity index (χ4n) is 2.63. The van der Waals surface area contributed by atoms with Crippen LogP contribution < -0.4 is 0 Å². The summed E-state index contributed by atoms with van der Waals surface area (Å²) in [6.45, 7) is 7.79. The topological polar surface area (TPSA) is 70.2 Å². The van der Waals surface area contributed by atoms with Crippen LogP contribution in [-0.2, 0) is 16.1 Å². The Hall–Kier alpha value is -2.67. The summed E-state index contributed by atoms with van der Waals surface area (Å²) in [7, 11) is 0. The highest BCUT2D eigenvalue weighted by Gasteiger charge is 2.12. The molecule has 130 valence electrons. The number of ether oxygens (including phenoxy) is 1. The summed E-state index contributed by atoms with van der Waals surface area (Å²) in [5.41, 5.74) is 4.60. The summed E-state index contributed by atoms with van der Waals surface area (Å²) < 4.78 is 12.4. The van der Waals surface area contributed by atoms with Crippen LogP contribution in [0.25, 0.3) is 11.2 Å². The van der Waals surface area contributed by atoms with Crippen LogP contribution in [-0.4, -0.2) is 20.7 Å². The second kappa shape index (κ2) is 7.06. The Balaban J connectivity index is 1.70. The van der Waals surface area contributed by atoms with Gasteiger partial charge in [0.25, 0.3) is 0 Å². The molecule has 0 spiro atoms. The van der Waals surface area contributed by atoms with Crippen molar-refractivity contribution in [2.45, 2.75) is 34.3 Å². The predicted molar refractivity (Wildman–Crippen MR) is 95.7 cm³/mol. The lowest BCUT2D eigenvalue weighted by atomic mass is 10.2. The number of nitrogens with zero attached hydrogens (tertiary/aromatic N) is 3. The molecular weight excluding hydrogens is 338 g/mol. The fourth-order valence-corrected chi connectivity index (χ4v) is 3.39. The quantitative estimate of drug-likeness (QED) is 0.511. The predicted octanol–water partition coefficient (Wildman–Crippen LogP) is 3.91. The summed E-state index contributed by atoms with van der Waals surface area (Å²) in [4.78, 5) is 16.3. The number of aromatic nitrogens is 3. The number of esters is 1. The zero-order valence-electron chi connectivity index (χ0n) is 14.6. The molecule has 6 nitrogen and oxygen atoms in total. The van der Waals surface area contributed by atoms with E-state index < -0.39 is 5.97 Å². The van der Waals surface area contributed by atoms with Crippen LogP contribution in [0, 0.1) is 27.7 Å². The van der Waals surface area contributed by atoms with Gasteiger partial charge >= 0.3 is 5.97 Å². The van der Waals surface area contributed by atoms with Crippen LogP contribution >= 0.6 is 11.3 Å². The van der Waals surface area contributed by atoms with Crippen LogP contribution in [0.5, 0.6) is 0 Å². The third kappa shape index (κ3) is 3.56. The van der Waals surface area contributed by atoms with Crippen molar-refractivity contribution in [2.75, 3.05) is 0 Å². The van der Waals surface area contributed by atoms with Crippen molar-refractivity contribution in [2.24, 2.45) is 0 Å². The molecule has 3 rings (SSSR count). The molecule has 0 aliphatic rings. The molecule has 0 bridgehead atoms. The van der Waals surface area contributed by atoms with E-state index >= 15 is 0 Å². The SMILES string of the molecule is Cc1noc(C)c1COC(=O)/C=C/c1cc(C)n(-c2nccs2)c1C. The second-order valence-electron chi connectivity index (χ2n) is 5.72. The molecule has 0 aliphatic carbocycles. The number of carbonyl (C=O) groups is 1. The smallest absolute Gasteiger partial charge is 0.331 e. The molecule has 0 N–H and O–H groups in total. The minimum Gasteiger partial charge on any atom is -0.457 e. The third-order valence-electron chi connectivity index (χ3n) is 4.02. The molecule has 0 saturated carbocycles. The van der Waals surface area contributed by atoms with Crippen molar-refractivity contribution in [1.29, 1.82) is 0 Å². The standard InChI is InChI=1S/C18H19N3O3S/c1-11-9-15(13(3)21(11)18-19-7-8-25-18)5-6-17(22)23-10-16-12(2)20-24-14(16)4/h5-9H,10H2,1-4H3/b6-5+. The Labute approximate surface area is 149 Å². The molecule has 0 unspecified atom stereocenters. The van der Waals surface area contributed by atoms with Crippen LogP contribution in [0.4, 0.5) is 0 Å². The van der Waals surface area contributed by atoms with E-state index in [2.05, 4.69) is 14.7 Å². The van der Waals surface area contributed by atoms with Crippen molar-refractivity contribution in [1.82, 2.24) is 14.7 Å². The van der Waals surface area contributed by atoms with Gasteiger partial charge in [-0.3, -0.25) is 4.57 Å². The summed E-state index contributed by atoms with van der Waals surface area (Å²) in [6, 6.07) is 2.02. The van der Waals surface area contributed by atoms with E-state index in [4.69, 9.17) is 9.26 Å². The van der Waals surface area contributed by atoms with Gasteiger partial charge in [-0.25, -0.2) is 9.78 Å². The number of thiazole rings is 1. The van der Waals surface area contributed by atoms with E-state index in [0.29, 0.717) is 5.76 Å². The Morgan fingerprint density at radius 2 is 2.16 bits per heavy atom. The molecule has 25 heavy (non-hydrogen) atoms. The molecule has 3 aromatic heterocycles. The Morgan fingerprint density at radius 1 is 1.36 bits per heavy atom. The monoisotopic (exact) mass is 357 g/mol. The first-order valence-electron chi connectivity index (χ1n) is 7.82.